The molecule has 0 aliphatic carbocycles. The van der Waals surface area contributed by atoms with Gasteiger partial charge in [0.1, 0.15) is 0 Å². The summed E-state index contributed by atoms with van der Waals surface area (Å²) in [6, 6.07) is 10.2. The van der Waals surface area contributed by atoms with Crippen molar-refractivity contribution in [2.45, 2.75) is 6.42 Å². The van der Waals surface area contributed by atoms with Gasteiger partial charge in [0.25, 0.3) is 0 Å². The first-order chi connectivity index (χ1) is 9.75. The van der Waals surface area contributed by atoms with Crippen molar-refractivity contribution in [3.63, 3.8) is 0 Å². The van der Waals surface area contributed by atoms with Crippen LogP contribution in [0.4, 0.5) is 0 Å². The fraction of sp³-hybridized carbons (Fsp3) is 0.429. The summed E-state index contributed by atoms with van der Waals surface area (Å²) < 4.78 is 0. The molecule has 0 amide bonds. The molecule has 1 heterocycles. The van der Waals surface area contributed by atoms with Crippen LogP contribution in [0.15, 0.2) is 35.4 Å². The van der Waals surface area contributed by atoms with Gasteiger partial charge in [-0.3, -0.25) is 5.43 Å². The van der Waals surface area contributed by atoms with Crippen molar-refractivity contribution in [2.75, 3.05) is 31.1 Å². The molecule has 0 saturated carbocycles. The summed E-state index contributed by atoms with van der Waals surface area (Å²) in [5.74, 6) is 2.45. The number of hydrogen-bond acceptors (Lipinski definition) is 4. The predicted octanol–water partition coefficient (Wildman–Crippen LogP) is 1.66. The molecule has 20 heavy (non-hydrogen) atoms. The summed E-state index contributed by atoms with van der Waals surface area (Å²) in [4.78, 5) is 2.48. The molecule has 1 aromatic rings. The van der Waals surface area contributed by atoms with E-state index in [1.807, 2.05) is 30.0 Å². The van der Waals surface area contributed by atoms with Crippen molar-refractivity contribution >= 4 is 34.8 Å². The van der Waals surface area contributed by atoms with Gasteiger partial charge in [0.15, 0.2) is 5.11 Å². The molecule has 6 heteroatoms. The second-order valence-electron chi connectivity index (χ2n) is 4.60. The Morgan fingerprint density at radius 1 is 1.30 bits per heavy atom. The molecular weight excluding hydrogens is 288 g/mol. The summed E-state index contributed by atoms with van der Waals surface area (Å²) in [6.45, 7) is 3.35. The van der Waals surface area contributed by atoms with Crippen LogP contribution in [0.1, 0.15) is 12.0 Å². The number of nitrogens with one attached hydrogen (secondary N) is 1. The van der Waals surface area contributed by atoms with E-state index in [4.69, 9.17) is 18.0 Å². The number of thioether (sulfide) groups is 1. The molecule has 2 rings (SSSR count). The van der Waals surface area contributed by atoms with Crippen LogP contribution < -0.4 is 11.2 Å². The number of hydrogen-bond donors (Lipinski definition) is 2. The van der Waals surface area contributed by atoms with Crippen molar-refractivity contribution in [3.05, 3.63) is 35.9 Å². The molecule has 1 fully saturated rings. The van der Waals surface area contributed by atoms with Gasteiger partial charge in [0.2, 0.25) is 0 Å². The van der Waals surface area contributed by atoms with Crippen LogP contribution in [-0.4, -0.2) is 46.9 Å². The zero-order valence-corrected chi connectivity index (χ0v) is 13.1. The lowest BCUT2D eigenvalue weighted by Gasteiger charge is -2.26. The van der Waals surface area contributed by atoms with Gasteiger partial charge >= 0.3 is 0 Å². The maximum Gasteiger partial charge on any atom is 0.184 e. The fourth-order valence-electron chi connectivity index (χ4n) is 2.11. The first kappa shape index (κ1) is 15.3. The Balaban J connectivity index is 1.99. The molecule has 4 nitrogen and oxygen atoms in total. The van der Waals surface area contributed by atoms with Crippen LogP contribution in [0.3, 0.4) is 0 Å². The van der Waals surface area contributed by atoms with Crippen molar-refractivity contribution < 1.29 is 0 Å². The zero-order valence-electron chi connectivity index (χ0n) is 11.4. The van der Waals surface area contributed by atoms with Gasteiger partial charge in [0.05, 0.1) is 5.71 Å². The number of rotatable bonds is 5. The Hall–Kier alpha value is -1.11. The summed E-state index contributed by atoms with van der Waals surface area (Å²) in [6.07, 6.45) is 0.893. The lowest BCUT2D eigenvalue weighted by molar-refractivity contribution is 0.312. The minimum Gasteiger partial charge on any atom is -0.375 e. The average molecular weight is 308 g/mol. The molecule has 1 aliphatic heterocycles. The summed E-state index contributed by atoms with van der Waals surface area (Å²) >= 11 is 6.85. The summed E-state index contributed by atoms with van der Waals surface area (Å²) in [5.41, 5.74) is 10.3. The smallest absolute Gasteiger partial charge is 0.184 e. The van der Waals surface area contributed by atoms with Gasteiger partial charge in [-0.2, -0.15) is 16.9 Å². The van der Waals surface area contributed by atoms with E-state index in [1.165, 1.54) is 11.5 Å². The van der Waals surface area contributed by atoms with Gasteiger partial charge < -0.3 is 10.6 Å². The van der Waals surface area contributed by atoms with E-state index in [2.05, 4.69) is 27.6 Å². The van der Waals surface area contributed by atoms with Crippen molar-refractivity contribution in [1.82, 2.24) is 10.3 Å². The standard InChI is InChI=1S/C14H20N4S2/c15-14(19)17-16-13(12-4-2-1-3-5-12)6-7-18-8-10-20-11-9-18/h1-5H,6-11H2,(H3,15,17,19)/b16-13-. The molecule has 108 valence electrons. The lowest BCUT2D eigenvalue weighted by Crippen LogP contribution is -2.34. The van der Waals surface area contributed by atoms with Crippen molar-refractivity contribution in [2.24, 2.45) is 10.8 Å². The summed E-state index contributed by atoms with van der Waals surface area (Å²) in [5, 5.41) is 4.55. The molecule has 0 bridgehead atoms. The molecule has 1 aromatic carbocycles. The van der Waals surface area contributed by atoms with Crippen LogP contribution in [-0.2, 0) is 0 Å². The van der Waals surface area contributed by atoms with E-state index in [0.29, 0.717) is 0 Å². The molecule has 1 saturated heterocycles. The van der Waals surface area contributed by atoms with Gasteiger partial charge in [-0.15, -0.1) is 0 Å². The first-order valence-electron chi connectivity index (χ1n) is 6.73. The van der Waals surface area contributed by atoms with Crippen LogP contribution in [0.5, 0.6) is 0 Å². The van der Waals surface area contributed by atoms with Crippen LogP contribution in [0.25, 0.3) is 0 Å². The van der Waals surface area contributed by atoms with Gasteiger partial charge in [-0.05, 0) is 17.8 Å². The minimum absolute atomic E-state index is 0.202. The molecule has 0 aromatic heterocycles. The number of thiocarbonyl (C=S) groups is 1. The van der Waals surface area contributed by atoms with Gasteiger partial charge in [-0.1, -0.05) is 30.3 Å². The Kier molecular flexibility index (Phi) is 6.29. The molecule has 0 radical (unpaired) electrons. The Morgan fingerprint density at radius 3 is 2.65 bits per heavy atom. The zero-order chi connectivity index (χ0) is 14.2. The fourth-order valence-corrected chi connectivity index (χ4v) is 3.13. The second-order valence-corrected chi connectivity index (χ2v) is 6.27. The van der Waals surface area contributed by atoms with Crippen molar-refractivity contribution in [1.29, 1.82) is 0 Å². The van der Waals surface area contributed by atoms with E-state index in [-0.39, 0.29) is 5.11 Å². The van der Waals surface area contributed by atoms with E-state index in [1.54, 1.807) is 0 Å². The lowest BCUT2D eigenvalue weighted by atomic mass is 10.1. The Morgan fingerprint density at radius 2 is 2.00 bits per heavy atom. The van der Waals surface area contributed by atoms with Gasteiger partial charge in [-0.25, -0.2) is 0 Å². The van der Waals surface area contributed by atoms with E-state index < -0.39 is 0 Å². The molecule has 0 atom stereocenters. The van der Waals surface area contributed by atoms with E-state index in [0.717, 1.165) is 37.3 Å². The minimum atomic E-state index is 0.202. The number of hydrazone groups is 1. The Labute approximate surface area is 129 Å². The normalized spacial score (nSPS) is 16.9. The Bertz CT molecular complexity index is 456. The molecule has 1 aliphatic rings. The molecular formula is C14H20N4S2. The maximum atomic E-state index is 5.46. The number of nitrogens with two attached hydrogens (primary N) is 1. The van der Waals surface area contributed by atoms with E-state index in [9.17, 15) is 0 Å². The molecule has 0 unspecified atom stereocenters. The topological polar surface area (TPSA) is 53.6 Å². The van der Waals surface area contributed by atoms with E-state index >= 15 is 0 Å². The largest absolute Gasteiger partial charge is 0.375 e. The summed E-state index contributed by atoms with van der Waals surface area (Å²) in [7, 11) is 0. The molecule has 3 N–H and O–H groups in total. The maximum absolute atomic E-state index is 5.46. The third-order valence-electron chi connectivity index (χ3n) is 3.18. The average Bonchev–Trinajstić information content (AvgIpc) is 2.49. The van der Waals surface area contributed by atoms with Crippen molar-refractivity contribution in [3.8, 4) is 0 Å². The number of benzene rings is 1. The highest BCUT2D eigenvalue weighted by Gasteiger charge is 2.12. The van der Waals surface area contributed by atoms with Gasteiger partial charge in [0, 0.05) is 37.6 Å². The van der Waals surface area contributed by atoms with Crippen LogP contribution >= 0.6 is 24.0 Å². The first-order valence-corrected chi connectivity index (χ1v) is 8.29. The highest BCUT2D eigenvalue weighted by molar-refractivity contribution is 7.99. The highest BCUT2D eigenvalue weighted by Crippen LogP contribution is 2.11. The molecule has 0 spiro atoms. The quantitative estimate of drug-likeness (QED) is 0.492. The monoisotopic (exact) mass is 308 g/mol. The van der Waals surface area contributed by atoms with Crippen LogP contribution in [0.2, 0.25) is 0 Å². The number of nitrogens with zero attached hydrogens (tertiary/aromatic N) is 2. The highest BCUT2D eigenvalue weighted by atomic mass is 32.2. The third-order valence-corrected chi connectivity index (χ3v) is 4.21. The predicted molar refractivity (Wildman–Crippen MR) is 91.3 cm³/mol. The third kappa shape index (κ3) is 5.11. The second kappa shape index (κ2) is 8.24. The van der Waals surface area contributed by atoms with Crippen LogP contribution in [0, 0.1) is 0 Å². The SMILES string of the molecule is NC(=S)N/N=C(/CCN1CCSCC1)c1ccccc1.